The Morgan fingerprint density at radius 2 is 2.00 bits per heavy atom. The first-order chi connectivity index (χ1) is 5.68. The summed E-state index contributed by atoms with van der Waals surface area (Å²) in [6.45, 7) is 4.34. The summed E-state index contributed by atoms with van der Waals surface area (Å²) in [6.07, 6.45) is 0. The van der Waals surface area contributed by atoms with Crippen LogP contribution in [-0.2, 0) is 0 Å². The second kappa shape index (κ2) is 2.83. The number of aryl methyl sites for hydroxylation is 2. The van der Waals surface area contributed by atoms with Gasteiger partial charge in [0.25, 0.3) is 0 Å². The van der Waals surface area contributed by atoms with Gasteiger partial charge in [-0.2, -0.15) is 0 Å². The van der Waals surface area contributed by atoms with Gasteiger partial charge in [0.1, 0.15) is 5.30 Å². The van der Waals surface area contributed by atoms with Gasteiger partial charge in [-0.05, 0) is 26.0 Å². The number of rotatable bonds is 0. The Morgan fingerprint density at radius 3 is 2.75 bits per heavy atom. The molecule has 0 saturated carbocycles. The highest BCUT2D eigenvalue weighted by molar-refractivity contribution is 7.33. The minimum Gasteiger partial charge on any atom is -0.136 e. The fraction of sp³-hybridized carbons (Fsp3) is 0.200. The first-order valence-corrected chi connectivity index (χ1v) is 5.52. The fourth-order valence-corrected chi connectivity index (χ4v) is 3.01. The predicted molar refractivity (Wildman–Crippen MR) is 62.0 cm³/mol. The maximum Gasteiger partial charge on any atom is 0.108 e. The molecule has 1 unspecified atom stereocenters. The molecule has 0 aliphatic heterocycles. The van der Waals surface area contributed by atoms with Crippen LogP contribution in [0.25, 0.3) is 10.1 Å². The summed E-state index contributed by atoms with van der Waals surface area (Å²) in [6, 6.07) is 6.68. The van der Waals surface area contributed by atoms with E-state index in [4.69, 9.17) is 0 Å². The Kier molecular flexibility index (Phi) is 1.94. The molecule has 2 heteroatoms. The standard InChI is InChI=1S/C10H11PS/c1-6-3-4-9-8(5-6)10(11)7(2)12-9/h3-5H,11H2,1-2H3/p+1. The molecule has 0 spiro atoms. The largest absolute Gasteiger partial charge is 0.136 e. The van der Waals surface area contributed by atoms with Crippen LogP contribution in [0.1, 0.15) is 10.4 Å². The van der Waals surface area contributed by atoms with E-state index in [9.17, 15) is 0 Å². The van der Waals surface area contributed by atoms with Crippen LogP contribution in [-0.4, -0.2) is 0 Å². The average molecular weight is 195 g/mol. The zero-order valence-electron chi connectivity index (χ0n) is 7.35. The number of thiophene rings is 1. The molecule has 2 aromatic rings. The molecule has 0 aliphatic rings. The van der Waals surface area contributed by atoms with Crippen molar-refractivity contribution in [3.8, 4) is 0 Å². The Morgan fingerprint density at radius 1 is 1.25 bits per heavy atom. The molecule has 1 aromatic carbocycles. The van der Waals surface area contributed by atoms with Gasteiger partial charge in [-0.25, -0.2) is 0 Å². The van der Waals surface area contributed by atoms with Crippen molar-refractivity contribution in [1.29, 1.82) is 0 Å². The molecule has 12 heavy (non-hydrogen) atoms. The number of benzene rings is 1. The van der Waals surface area contributed by atoms with Crippen molar-refractivity contribution >= 4 is 36.0 Å². The third-order valence-corrected chi connectivity index (χ3v) is 4.44. The van der Waals surface area contributed by atoms with Crippen molar-refractivity contribution in [1.82, 2.24) is 0 Å². The summed E-state index contributed by atoms with van der Waals surface area (Å²) >= 11 is 1.89. The van der Waals surface area contributed by atoms with E-state index in [2.05, 4.69) is 32.0 Å². The minimum absolute atomic E-state index is 1.35. The highest BCUT2D eigenvalue weighted by Gasteiger charge is 2.07. The molecule has 1 heterocycles. The lowest BCUT2D eigenvalue weighted by molar-refractivity contribution is 1.52. The molecule has 1 aromatic heterocycles. The van der Waals surface area contributed by atoms with Gasteiger partial charge >= 0.3 is 0 Å². The second-order valence-corrected chi connectivity index (χ2v) is 5.10. The highest BCUT2D eigenvalue weighted by Crippen LogP contribution is 2.25. The molecular weight excluding hydrogens is 183 g/mol. The lowest BCUT2D eigenvalue weighted by Gasteiger charge is -1.91. The average Bonchev–Trinajstić information content (AvgIpc) is 2.31. The lowest BCUT2D eigenvalue weighted by atomic mass is 10.2. The van der Waals surface area contributed by atoms with Crippen molar-refractivity contribution in [2.24, 2.45) is 0 Å². The van der Waals surface area contributed by atoms with E-state index in [0.29, 0.717) is 0 Å². The first-order valence-electron chi connectivity index (χ1n) is 4.00. The van der Waals surface area contributed by atoms with Gasteiger partial charge in [0.15, 0.2) is 0 Å². The predicted octanol–water partition coefficient (Wildman–Crippen LogP) is 2.75. The summed E-state index contributed by atoms with van der Waals surface area (Å²) < 4.78 is 1.42. The van der Waals surface area contributed by atoms with Gasteiger partial charge in [0.2, 0.25) is 0 Å². The summed E-state index contributed by atoms with van der Waals surface area (Å²) in [4.78, 5) is 1.45. The van der Waals surface area contributed by atoms with E-state index < -0.39 is 0 Å². The van der Waals surface area contributed by atoms with E-state index in [0.717, 1.165) is 0 Å². The fourth-order valence-electron chi connectivity index (χ4n) is 1.38. The topological polar surface area (TPSA) is 0 Å². The van der Waals surface area contributed by atoms with Crippen LogP contribution in [0.3, 0.4) is 0 Å². The van der Waals surface area contributed by atoms with E-state index in [1.54, 1.807) is 0 Å². The highest BCUT2D eigenvalue weighted by atomic mass is 32.1. The van der Waals surface area contributed by atoms with Crippen molar-refractivity contribution in [2.75, 3.05) is 0 Å². The molecule has 2 rings (SSSR count). The smallest absolute Gasteiger partial charge is 0.108 e. The maximum atomic E-state index is 2.28. The van der Waals surface area contributed by atoms with Gasteiger partial charge in [-0.3, -0.25) is 0 Å². The van der Waals surface area contributed by atoms with Gasteiger partial charge < -0.3 is 0 Å². The number of fused-ring (bicyclic) bond motifs is 1. The van der Waals surface area contributed by atoms with Crippen LogP contribution >= 0.6 is 20.6 Å². The SMILES string of the molecule is Cc1ccc2sc(C)c([PH3+])c2c1. The number of hydrogen-bond acceptors (Lipinski definition) is 1. The van der Waals surface area contributed by atoms with E-state index in [1.165, 1.54) is 25.8 Å². The molecule has 0 radical (unpaired) electrons. The molecule has 0 amide bonds. The van der Waals surface area contributed by atoms with E-state index in [-0.39, 0.29) is 0 Å². The third kappa shape index (κ3) is 1.18. The normalized spacial score (nSPS) is 11.2. The summed E-state index contributed by atoms with van der Waals surface area (Å²) in [5.74, 6) is 0. The van der Waals surface area contributed by atoms with E-state index in [1.807, 2.05) is 20.6 Å². The summed E-state index contributed by atoms with van der Waals surface area (Å²) in [5.41, 5.74) is 1.35. The van der Waals surface area contributed by atoms with Crippen LogP contribution in [0, 0.1) is 13.8 Å². The Hall–Kier alpha value is -0.390. The molecular formula is C10H12PS+. The van der Waals surface area contributed by atoms with Crippen LogP contribution in [0.15, 0.2) is 18.2 Å². The van der Waals surface area contributed by atoms with Gasteiger partial charge in [0, 0.05) is 24.2 Å². The Balaban J connectivity index is 2.88. The molecule has 0 aliphatic carbocycles. The minimum atomic E-state index is 1.35. The monoisotopic (exact) mass is 195 g/mol. The maximum absolute atomic E-state index is 2.28. The van der Waals surface area contributed by atoms with Crippen LogP contribution in [0.4, 0.5) is 0 Å². The van der Waals surface area contributed by atoms with Crippen molar-refractivity contribution in [3.63, 3.8) is 0 Å². The van der Waals surface area contributed by atoms with E-state index >= 15 is 0 Å². The molecule has 0 fully saturated rings. The lowest BCUT2D eigenvalue weighted by Crippen LogP contribution is -1.89. The van der Waals surface area contributed by atoms with Crippen LogP contribution in [0.2, 0.25) is 0 Å². The third-order valence-electron chi connectivity index (χ3n) is 2.15. The molecule has 0 bridgehead atoms. The molecule has 0 nitrogen and oxygen atoms in total. The van der Waals surface area contributed by atoms with Crippen molar-refractivity contribution < 1.29 is 0 Å². The first kappa shape index (κ1) is 8.22. The van der Waals surface area contributed by atoms with Gasteiger partial charge in [0.05, 0.1) is 0 Å². The van der Waals surface area contributed by atoms with Crippen LogP contribution in [0.5, 0.6) is 0 Å². The number of hydrogen-bond donors (Lipinski definition) is 0. The van der Waals surface area contributed by atoms with Gasteiger partial charge in [-0.1, -0.05) is 11.6 Å². The Labute approximate surface area is 78.8 Å². The molecule has 62 valence electrons. The zero-order chi connectivity index (χ0) is 8.72. The molecule has 0 N–H and O–H groups in total. The van der Waals surface area contributed by atoms with Gasteiger partial charge in [-0.15, -0.1) is 11.3 Å². The quantitative estimate of drug-likeness (QED) is 0.567. The summed E-state index contributed by atoms with van der Waals surface area (Å²) in [7, 11) is 2.00. The second-order valence-electron chi connectivity index (χ2n) is 3.14. The Bertz CT molecular complexity index is 429. The molecule has 0 saturated heterocycles. The summed E-state index contributed by atoms with van der Waals surface area (Å²) in [5, 5.41) is 2.91. The zero-order valence-corrected chi connectivity index (χ0v) is 9.58. The van der Waals surface area contributed by atoms with Crippen molar-refractivity contribution in [2.45, 2.75) is 13.8 Å². The van der Waals surface area contributed by atoms with Crippen LogP contribution < -0.4 is 5.30 Å². The van der Waals surface area contributed by atoms with Crippen molar-refractivity contribution in [3.05, 3.63) is 28.6 Å². The molecule has 1 atom stereocenters.